The highest BCUT2D eigenvalue weighted by Crippen LogP contribution is 2.18. The summed E-state index contributed by atoms with van der Waals surface area (Å²) in [5, 5.41) is 2.56. The highest BCUT2D eigenvalue weighted by Gasteiger charge is 2.31. The van der Waals surface area contributed by atoms with Gasteiger partial charge in [-0.1, -0.05) is 6.42 Å². The first-order chi connectivity index (χ1) is 9.49. The molecule has 2 amide bonds. The van der Waals surface area contributed by atoms with E-state index in [1.54, 1.807) is 31.0 Å². The maximum Gasteiger partial charge on any atom is 0.271 e. The number of amides is 2. The molecule has 6 nitrogen and oxygen atoms in total. The molecule has 1 saturated heterocycles. The van der Waals surface area contributed by atoms with Gasteiger partial charge < -0.3 is 15.2 Å². The van der Waals surface area contributed by atoms with Crippen molar-refractivity contribution in [1.29, 1.82) is 0 Å². The standard InChI is InChI=1S/C14H19N3O3/c1-9-6-7-11(13(19)15-9)16-12(18)10-5-3-4-8-17(2)14(10)20/h6-7,10H,3-5,8H2,1-2H3,(H,15,19)(H,16,18). The lowest BCUT2D eigenvalue weighted by Gasteiger charge is -2.19. The summed E-state index contributed by atoms with van der Waals surface area (Å²) >= 11 is 0. The van der Waals surface area contributed by atoms with Crippen molar-refractivity contribution in [2.45, 2.75) is 26.2 Å². The SMILES string of the molecule is Cc1ccc(NC(=O)C2CCCCN(C)C2=O)c(=O)[nH]1. The number of H-pyrrole nitrogens is 1. The van der Waals surface area contributed by atoms with Crippen molar-refractivity contribution in [2.24, 2.45) is 5.92 Å². The topological polar surface area (TPSA) is 82.3 Å². The fraction of sp³-hybridized carbons (Fsp3) is 0.500. The number of aromatic amines is 1. The first-order valence-corrected chi connectivity index (χ1v) is 6.75. The zero-order valence-corrected chi connectivity index (χ0v) is 11.7. The van der Waals surface area contributed by atoms with Crippen LogP contribution in [0.1, 0.15) is 25.0 Å². The van der Waals surface area contributed by atoms with Crippen LogP contribution >= 0.6 is 0 Å². The maximum absolute atomic E-state index is 12.2. The normalized spacial score (nSPS) is 19.6. The van der Waals surface area contributed by atoms with Crippen LogP contribution in [0.2, 0.25) is 0 Å². The second-order valence-corrected chi connectivity index (χ2v) is 5.18. The summed E-state index contributed by atoms with van der Waals surface area (Å²) in [6.07, 6.45) is 2.26. The molecule has 20 heavy (non-hydrogen) atoms. The predicted molar refractivity (Wildman–Crippen MR) is 75.4 cm³/mol. The van der Waals surface area contributed by atoms with E-state index in [4.69, 9.17) is 0 Å². The number of likely N-dealkylation sites (tertiary alicyclic amines) is 1. The molecule has 0 bridgehead atoms. The van der Waals surface area contributed by atoms with Crippen LogP contribution in [0, 0.1) is 12.8 Å². The number of pyridine rings is 1. The van der Waals surface area contributed by atoms with Gasteiger partial charge in [0.25, 0.3) is 5.56 Å². The summed E-state index contributed by atoms with van der Waals surface area (Å²) in [6.45, 7) is 2.44. The Morgan fingerprint density at radius 3 is 2.80 bits per heavy atom. The van der Waals surface area contributed by atoms with E-state index in [0.29, 0.717) is 13.0 Å². The van der Waals surface area contributed by atoms with Crippen molar-refractivity contribution in [2.75, 3.05) is 18.9 Å². The van der Waals surface area contributed by atoms with Crippen LogP contribution in [0.3, 0.4) is 0 Å². The Balaban J connectivity index is 2.14. The molecule has 1 fully saturated rings. The largest absolute Gasteiger partial charge is 0.345 e. The number of rotatable bonds is 2. The quantitative estimate of drug-likeness (QED) is 0.787. The van der Waals surface area contributed by atoms with Gasteiger partial charge in [-0.2, -0.15) is 0 Å². The van der Waals surface area contributed by atoms with Gasteiger partial charge in [-0.15, -0.1) is 0 Å². The first-order valence-electron chi connectivity index (χ1n) is 6.75. The molecule has 1 aromatic heterocycles. The third-order valence-corrected chi connectivity index (χ3v) is 3.54. The van der Waals surface area contributed by atoms with E-state index in [2.05, 4.69) is 10.3 Å². The molecule has 0 aromatic carbocycles. The molecule has 2 N–H and O–H groups in total. The maximum atomic E-state index is 12.2. The molecular formula is C14H19N3O3. The molecule has 6 heteroatoms. The summed E-state index contributed by atoms with van der Waals surface area (Å²) in [5.41, 5.74) is 0.548. The Morgan fingerprint density at radius 1 is 1.35 bits per heavy atom. The van der Waals surface area contributed by atoms with Gasteiger partial charge in [0.15, 0.2) is 0 Å². The van der Waals surface area contributed by atoms with Crippen molar-refractivity contribution in [3.8, 4) is 0 Å². The van der Waals surface area contributed by atoms with Crippen LogP contribution in [-0.4, -0.2) is 35.3 Å². The fourth-order valence-electron chi connectivity index (χ4n) is 2.33. The monoisotopic (exact) mass is 277 g/mol. The number of nitrogens with one attached hydrogen (secondary N) is 2. The molecule has 1 aromatic rings. The van der Waals surface area contributed by atoms with E-state index in [1.165, 1.54) is 0 Å². The van der Waals surface area contributed by atoms with Gasteiger partial charge in [0, 0.05) is 19.3 Å². The van der Waals surface area contributed by atoms with Crippen molar-refractivity contribution >= 4 is 17.5 Å². The molecular weight excluding hydrogens is 258 g/mol. The van der Waals surface area contributed by atoms with Gasteiger partial charge in [-0.3, -0.25) is 14.4 Å². The number of anilines is 1. The molecule has 108 valence electrons. The molecule has 0 radical (unpaired) electrons. The van der Waals surface area contributed by atoms with Crippen LogP contribution in [0.15, 0.2) is 16.9 Å². The fourth-order valence-corrected chi connectivity index (χ4v) is 2.33. The Labute approximate surface area is 117 Å². The number of aromatic nitrogens is 1. The molecule has 0 aliphatic carbocycles. The van der Waals surface area contributed by atoms with Gasteiger partial charge >= 0.3 is 0 Å². The summed E-state index contributed by atoms with van der Waals surface area (Å²) in [5.74, 6) is -1.29. The summed E-state index contributed by atoms with van der Waals surface area (Å²) < 4.78 is 0. The molecule has 1 aliphatic rings. The second-order valence-electron chi connectivity index (χ2n) is 5.18. The molecule has 1 atom stereocenters. The minimum Gasteiger partial charge on any atom is -0.345 e. The average Bonchev–Trinajstić information content (AvgIpc) is 2.56. The van der Waals surface area contributed by atoms with E-state index in [9.17, 15) is 14.4 Å². The van der Waals surface area contributed by atoms with Crippen molar-refractivity contribution in [3.63, 3.8) is 0 Å². The number of hydrogen-bond acceptors (Lipinski definition) is 3. The minimum atomic E-state index is -0.705. The van der Waals surface area contributed by atoms with E-state index < -0.39 is 11.8 Å². The lowest BCUT2D eigenvalue weighted by molar-refractivity contribution is -0.138. The number of carbonyl (C=O) groups is 2. The van der Waals surface area contributed by atoms with Gasteiger partial charge in [-0.25, -0.2) is 0 Å². The van der Waals surface area contributed by atoms with Crippen LogP contribution < -0.4 is 10.9 Å². The van der Waals surface area contributed by atoms with Crippen molar-refractivity contribution in [3.05, 3.63) is 28.2 Å². The Kier molecular flexibility index (Phi) is 4.22. The molecule has 0 spiro atoms. The van der Waals surface area contributed by atoms with E-state index in [-0.39, 0.29) is 17.2 Å². The Bertz CT molecular complexity index is 579. The second kappa shape index (κ2) is 5.90. The number of carbonyl (C=O) groups excluding carboxylic acids is 2. The predicted octanol–water partition coefficient (Wildman–Crippen LogP) is 0.880. The minimum absolute atomic E-state index is 0.177. The van der Waals surface area contributed by atoms with Crippen LogP contribution in [-0.2, 0) is 9.59 Å². The van der Waals surface area contributed by atoms with Crippen molar-refractivity contribution in [1.82, 2.24) is 9.88 Å². The van der Waals surface area contributed by atoms with Gasteiger partial charge in [0.2, 0.25) is 11.8 Å². The Hall–Kier alpha value is -2.11. The highest BCUT2D eigenvalue weighted by molar-refractivity contribution is 6.06. The molecule has 0 saturated carbocycles. The van der Waals surface area contributed by atoms with Crippen LogP contribution in [0.5, 0.6) is 0 Å². The summed E-state index contributed by atoms with van der Waals surface area (Å²) in [7, 11) is 1.70. The summed E-state index contributed by atoms with van der Waals surface area (Å²) in [6, 6.07) is 3.26. The number of hydrogen-bond donors (Lipinski definition) is 2. The average molecular weight is 277 g/mol. The first kappa shape index (κ1) is 14.3. The smallest absolute Gasteiger partial charge is 0.271 e. The van der Waals surface area contributed by atoms with Gasteiger partial charge in [-0.05, 0) is 31.9 Å². The lowest BCUT2D eigenvalue weighted by Crippen LogP contribution is -2.38. The highest BCUT2D eigenvalue weighted by atomic mass is 16.2. The zero-order chi connectivity index (χ0) is 14.7. The van der Waals surface area contributed by atoms with Gasteiger partial charge in [0.1, 0.15) is 11.6 Å². The number of aryl methyl sites for hydroxylation is 1. The van der Waals surface area contributed by atoms with E-state index in [0.717, 1.165) is 18.5 Å². The molecule has 1 unspecified atom stereocenters. The lowest BCUT2D eigenvalue weighted by atomic mass is 10.0. The van der Waals surface area contributed by atoms with Gasteiger partial charge in [0.05, 0.1) is 0 Å². The van der Waals surface area contributed by atoms with Crippen LogP contribution in [0.4, 0.5) is 5.69 Å². The number of nitrogens with zero attached hydrogens (tertiary/aromatic N) is 1. The molecule has 1 aliphatic heterocycles. The Morgan fingerprint density at radius 2 is 2.10 bits per heavy atom. The third kappa shape index (κ3) is 3.07. The molecule has 2 heterocycles. The van der Waals surface area contributed by atoms with E-state index >= 15 is 0 Å². The van der Waals surface area contributed by atoms with Crippen LogP contribution in [0.25, 0.3) is 0 Å². The summed E-state index contributed by atoms with van der Waals surface area (Å²) in [4.78, 5) is 40.2. The zero-order valence-electron chi connectivity index (χ0n) is 11.7. The third-order valence-electron chi connectivity index (χ3n) is 3.54. The molecule has 2 rings (SSSR count). The van der Waals surface area contributed by atoms with Crippen molar-refractivity contribution < 1.29 is 9.59 Å². The van der Waals surface area contributed by atoms with E-state index in [1.807, 2.05) is 0 Å².